The molecule has 0 fully saturated rings. The smallest absolute Gasteiger partial charge is 0.457 e. The lowest BCUT2D eigenvalue weighted by Gasteiger charge is -2.28. The van der Waals surface area contributed by atoms with Gasteiger partial charge in [-0.15, -0.1) is 13.2 Å². The average molecular weight is 397 g/mol. The predicted octanol–water partition coefficient (Wildman–Crippen LogP) is 2.55. The highest BCUT2D eigenvalue weighted by molar-refractivity contribution is 6.66. The Labute approximate surface area is 169 Å². The fraction of sp³-hybridized carbons (Fsp3) is 0.333. The van der Waals surface area contributed by atoms with Gasteiger partial charge in [0.1, 0.15) is 0 Å². The molecule has 152 valence electrons. The maximum absolute atomic E-state index is 13.5. The molecule has 0 N–H and O–H groups in total. The van der Waals surface area contributed by atoms with Crippen LogP contribution in [0, 0.1) is 0 Å². The maximum atomic E-state index is 13.5. The fourth-order valence-corrected chi connectivity index (χ4v) is 3.17. The summed E-state index contributed by atoms with van der Waals surface area (Å²) in [6.07, 6.45) is 4.52. The molecule has 1 unspecified atom stereocenters. The predicted molar refractivity (Wildman–Crippen MR) is 106 cm³/mol. The zero-order chi connectivity index (χ0) is 21.4. The van der Waals surface area contributed by atoms with Crippen molar-refractivity contribution in [3.63, 3.8) is 0 Å². The molecule has 0 radical (unpaired) electrons. The molecular formula is C21H23N3O5. The molecule has 0 aliphatic carbocycles. The number of para-hydroxylation sites is 1. The molecule has 1 aliphatic heterocycles. The molecule has 0 saturated carbocycles. The number of carbonyl (C=O) groups is 3. The number of fused-ring (bicyclic) bond motifs is 1. The van der Waals surface area contributed by atoms with Gasteiger partial charge in [0.15, 0.2) is 5.60 Å². The monoisotopic (exact) mass is 397 g/mol. The van der Waals surface area contributed by atoms with Crippen molar-refractivity contribution in [2.75, 3.05) is 18.1 Å². The van der Waals surface area contributed by atoms with E-state index in [1.54, 1.807) is 43.3 Å². The van der Waals surface area contributed by atoms with Crippen molar-refractivity contribution in [3.05, 3.63) is 60.7 Å². The van der Waals surface area contributed by atoms with Crippen LogP contribution in [-0.2, 0) is 29.5 Å². The van der Waals surface area contributed by atoms with Crippen molar-refractivity contribution in [1.82, 2.24) is 0 Å². The topological polar surface area (TPSA) is 109 Å². The first-order chi connectivity index (χ1) is 14.0. The summed E-state index contributed by atoms with van der Waals surface area (Å²) in [7, 11) is 0. The minimum absolute atomic E-state index is 0.0242. The summed E-state index contributed by atoms with van der Waals surface area (Å²) in [5, 5.41) is 0. The van der Waals surface area contributed by atoms with Gasteiger partial charge < -0.3 is 15.0 Å². The van der Waals surface area contributed by atoms with Crippen LogP contribution in [-0.4, -0.2) is 41.5 Å². The number of imide groups is 1. The second-order valence-corrected chi connectivity index (χ2v) is 6.21. The highest BCUT2D eigenvalue weighted by Crippen LogP contribution is 2.46. The standard InChI is InChI=1S/C21H23N3O5/c1-4-7-13-21(29-14-8-5-2)15-11-9-10-12-16(15)24(20(21)27)18(25)17(23-22)19(26)28-6-3/h4-5,9-12H,1-2,6-8,13-14H2,3H3. The number of amides is 2. The maximum Gasteiger partial charge on any atom is 0.463 e. The Morgan fingerprint density at radius 1 is 1.24 bits per heavy atom. The number of benzene rings is 1. The molecule has 0 aromatic heterocycles. The molecule has 8 heteroatoms. The highest BCUT2D eigenvalue weighted by Gasteiger charge is 2.56. The van der Waals surface area contributed by atoms with Crippen molar-refractivity contribution < 1.29 is 28.6 Å². The van der Waals surface area contributed by atoms with Crippen molar-refractivity contribution >= 4 is 29.2 Å². The van der Waals surface area contributed by atoms with Crippen LogP contribution in [0.2, 0.25) is 0 Å². The number of rotatable bonds is 10. The van der Waals surface area contributed by atoms with Crippen molar-refractivity contribution in [1.29, 1.82) is 0 Å². The number of ether oxygens (including phenoxy) is 2. The van der Waals surface area contributed by atoms with Crippen LogP contribution in [0.3, 0.4) is 0 Å². The second-order valence-electron chi connectivity index (χ2n) is 6.21. The van der Waals surface area contributed by atoms with Gasteiger partial charge in [0, 0.05) is 5.56 Å². The number of carbonyl (C=O) groups excluding carboxylic acids is 3. The highest BCUT2D eigenvalue weighted by atomic mass is 16.5. The molecule has 0 bridgehead atoms. The number of hydrogen-bond acceptors (Lipinski definition) is 5. The third kappa shape index (κ3) is 4.08. The van der Waals surface area contributed by atoms with E-state index in [2.05, 4.69) is 17.9 Å². The first kappa shape index (κ1) is 21.9. The van der Waals surface area contributed by atoms with Gasteiger partial charge in [0.25, 0.3) is 5.91 Å². The summed E-state index contributed by atoms with van der Waals surface area (Å²) in [6, 6.07) is 6.64. The van der Waals surface area contributed by atoms with Gasteiger partial charge in [-0.3, -0.25) is 9.59 Å². The Kier molecular flexibility index (Phi) is 7.36. The number of esters is 1. The second kappa shape index (κ2) is 9.73. The number of allylic oxidation sites excluding steroid dienone is 1. The van der Waals surface area contributed by atoms with E-state index < -0.39 is 29.1 Å². The molecule has 1 aliphatic rings. The van der Waals surface area contributed by atoms with E-state index in [9.17, 15) is 19.9 Å². The number of anilines is 1. The largest absolute Gasteiger partial charge is 0.463 e. The van der Waals surface area contributed by atoms with E-state index in [1.165, 1.54) is 0 Å². The van der Waals surface area contributed by atoms with E-state index in [1.807, 2.05) is 0 Å². The van der Waals surface area contributed by atoms with Crippen molar-refractivity contribution in [3.8, 4) is 0 Å². The lowest BCUT2D eigenvalue weighted by molar-refractivity contribution is -0.147. The zero-order valence-corrected chi connectivity index (χ0v) is 16.3. The van der Waals surface area contributed by atoms with Gasteiger partial charge in [-0.25, -0.2) is 9.69 Å². The Balaban J connectivity index is 2.55. The summed E-state index contributed by atoms with van der Waals surface area (Å²) >= 11 is 0. The van der Waals surface area contributed by atoms with Crippen LogP contribution < -0.4 is 4.90 Å². The third-order valence-electron chi connectivity index (χ3n) is 4.47. The number of hydrogen-bond donors (Lipinski definition) is 0. The molecule has 1 aromatic rings. The lowest BCUT2D eigenvalue weighted by Crippen LogP contribution is -2.49. The zero-order valence-electron chi connectivity index (χ0n) is 16.3. The van der Waals surface area contributed by atoms with Gasteiger partial charge >= 0.3 is 17.6 Å². The normalized spacial score (nSPS) is 17.3. The molecule has 0 saturated heterocycles. The molecule has 2 amide bonds. The molecule has 29 heavy (non-hydrogen) atoms. The van der Waals surface area contributed by atoms with Crippen molar-refractivity contribution in [2.45, 2.75) is 31.8 Å². The Hall–Kier alpha value is -3.35. The van der Waals surface area contributed by atoms with Crippen molar-refractivity contribution in [2.24, 2.45) is 0 Å². The molecule has 8 nitrogen and oxygen atoms in total. The molecule has 1 aromatic carbocycles. The first-order valence-corrected chi connectivity index (χ1v) is 9.21. The van der Waals surface area contributed by atoms with E-state index in [4.69, 9.17) is 9.47 Å². The van der Waals surface area contributed by atoms with Crippen LogP contribution in [0.1, 0.15) is 31.7 Å². The van der Waals surface area contributed by atoms with Crippen LogP contribution in [0.15, 0.2) is 49.6 Å². The van der Waals surface area contributed by atoms with Gasteiger partial charge in [-0.1, -0.05) is 30.4 Å². The minimum atomic E-state index is -1.43. The number of nitrogens with zero attached hydrogens (tertiary/aromatic N) is 3. The van der Waals surface area contributed by atoms with Crippen LogP contribution >= 0.6 is 0 Å². The summed E-state index contributed by atoms with van der Waals surface area (Å²) < 4.78 is 10.7. The fourth-order valence-electron chi connectivity index (χ4n) is 3.17. The van der Waals surface area contributed by atoms with Gasteiger partial charge in [0.05, 0.1) is 18.9 Å². The molecule has 1 atom stereocenters. The quantitative estimate of drug-likeness (QED) is 0.115. The lowest BCUT2D eigenvalue weighted by atomic mass is 9.90. The Morgan fingerprint density at radius 3 is 2.55 bits per heavy atom. The van der Waals surface area contributed by atoms with Gasteiger partial charge in [0.2, 0.25) is 0 Å². The van der Waals surface area contributed by atoms with E-state index in [0.29, 0.717) is 18.4 Å². The Morgan fingerprint density at radius 2 is 1.93 bits per heavy atom. The van der Waals surface area contributed by atoms with E-state index in [-0.39, 0.29) is 25.3 Å². The van der Waals surface area contributed by atoms with Crippen LogP contribution in [0.4, 0.5) is 5.69 Å². The SMILES string of the molecule is C=CCCOC1(CCC=C)C(=O)N(C(=O)C(=[N+]=[N-])C(=O)OCC)c2ccccc21. The third-order valence-corrected chi connectivity index (χ3v) is 4.47. The summed E-state index contributed by atoms with van der Waals surface area (Å²) in [4.78, 5) is 42.0. The Bertz CT molecular complexity index is 888. The van der Waals surface area contributed by atoms with Gasteiger partial charge in [-0.2, -0.15) is 4.79 Å². The summed E-state index contributed by atoms with van der Waals surface area (Å²) in [6.45, 7) is 9.07. The molecule has 2 rings (SSSR count). The summed E-state index contributed by atoms with van der Waals surface area (Å²) in [5.74, 6) is -2.88. The molecule has 0 spiro atoms. The van der Waals surface area contributed by atoms with Gasteiger partial charge in [-0.05, 0) is 32.3 Å². The first-order valence-electron chi connectivity index (χ1n) is 9.21. The van der Waals surface area contributed by atoms with Crippen LogP contribution in [0.5, 0.6) is 0 Å². The summed E-state index contributed by atoms with van der Waals surface area (Å²) in [5.41, 5.74) is 7.64. The minimum Gasteiger partial charge on any atom is -0.457 e. The average Bonchev–Trinajstić information content (AvgIpc) is 2.96. The van der Waals surface area contributed by atoms with Crippen LogP contribution in [0.25, 0.3) is 5.53 Å². The van der Waals surface area contributed by atoms with E-state index in [0.717, 1.165) is 4.90 Å². The molecule has 1 heterocycles. The molecular weight excluding hydrogens is 374 g/mol. The van der Waals surface area contributed by atoms with E-state index >= 15 is 0 Å².